The van der Waals surface area contributed by atoms with Gasteiger partial charge in [-0.1, -0.05) is 6.07 Å². The Balaban J connectivity index is 1.49. The van der Waals surface area contributed by atoms with Crippen molar-refractivity contribution in [2.45, 2.75) is 31.7 Å². The lowest BCUT2D eigenvalue weighted by Crippen LogP contribution is -2.40. The summed E-state index contributed by atoms with van der Waals surface area (Å²) in [6, 6.07) is 5.90. The normalized spacial score (nSPS) is 21.1. The van der Waals surface area contributed by atoms with Gasteiger partial charge in [0.2, 0.25) is 0 Å². The average molecular weight is 399 g/mol. The Morgan fingerprint density at radius 3 is 2.59 bits per heavy atom. The van der Waals surface area contributed by atoms with E-state index in [0.717, 1.165) is 49.8 Å². The molecule has 0 saturated carbocycles. The van der Waals surface area contributed by atoms with Crippen molar-refractivity contribution >= 4 is 11.8 Å². The van der Waals surface area contributed by atoms with Crippen molar-refractivity contribution in [3.05, 3.63) is 23.8 Å². The number of aliphatic hydroxyl groups excluding tert-OH is 1. The van der Waals surface area contributed by atoms with E-state index in [1.165, 1.54) is 0 Å². The molecule has 0 radical (unpaired) electrons. The summed E-state index contributed by atoms with van der Waals surface area (Å²) in [5.41, 5.74) is 1.13. The number of hydrogen-bond acceptors (Lipinski definition) is 6. The number of hydrogen-bond donors (Lipinski definition) is 1. The van der Waals surface area contributed by atoms with Crippen LogP contribution in [0, 0.1) is 0 Å². The second kappa shape index (κ2) is 10.5. The van der Waals surface area contributed by atoms with Crippen molar-refractivity contribution in [3.63, 3.8) is 0 Å². The standard InChI is InChI=1S/C20H31FN2O3S/c1-25-20-12-16(13-22-6-4-17(21)5-7-22)2-3-19(20)26-15-18(24)14-23-8-10-27-11-9-23/h2-3,12,17-18,24H,4-11,13-15H2,1H3/t18-/m0/s1. The highest BCUT2D eigenvalue weighted by Gasteiger charge is 2.19. The monoisotopic (exact) mass is 398 g/mol. The van der Waals surface area contributed by atoms with Gasteiger partial charge in [0, 0.05) is 50.8 Å². The molecular weight excluding hydrogens is 367 g/mol. The van der Waals surface area contributed by atoms with Crippen LogP contribution in [0.25, 0.3) is 0 Å². The first-order valence-corrected chi connectivity index (χ1v) is 10.9. The summed E-state index contributed by atoms with van der Waals surface area (Å²) in [6.07, 6.45) is 0.0684. The van der Waals surface area contributed by atoms with Crippen LogP contribution < -0.4 is 9.47 Å². The summed E-state index contributed by atoms with van der Waals surface area (Å²) in [7, 11) is 1.63. The molecule has 0 spiro atoms. The largest absolute Gasteiger partial charge is 0.493 e. The molecular formula is C20H31FN2O3S. The van der Waals surface area contributed by atoms with Crippen LogP contribution in [0.4, 0.5) is 4.39 Å². The van der Waals surface area contributed by atoms with Crippen molar-refractivity contribution in [1.82, 2.24) is 9.80 Å². The second-order valence-electron chi connectivity index (χ2n) is 7.31. The third-order valence-corrected chi connectivity index (χ3v) is 6.10. The van der Waals surface area contributed by atoms with Gasteiger partial charge < -0.3 is 14.6 Å². The number of methoxy groups -OCH3 is 1. The van der Waals surface area contributed by atoms with E-state index in [1.54, 1.807) is 7.11 Å². The Morgan fingerprint density at radius 2 is 1.89 bits per heavy atom. The van der Waals surface area contributed by atoms with Crippen LogP contribution >= 0.6 is 11.8 Å². The van der Waals surface area contributed by atoms with Crippen LogP contribution in [-0.4, -0.2) is 85.1 Å². The first-order chi connectivity index (χ1) is 13.1. The first kappa shape index (κ1) is 20.7. The van der Waals surface area contributed by atoms with Gasteiger partial charge in [0.1, 0.15) is 18.9 Å². The van der Waals surface area contributed by atoms with E-state index < -0.39 is 12.3 Å². The van der Waals surface area contributed by atoms with Crippen LogP contribution in [0.1, 0.15) is 18.4 Å². The van der Waals surface area contributed by atoms with Gasteiger partial charge in [-0.3, -0.25) is 9.80 Å². The topological polar surface area (TPSA) is 45.2 Å². The summed E-state index contributed by atoms with van der Waals surface area (Å²) in [5.74, 6) is 3.59. The van der Waals surface area contributed by atoms with E-state index in [0.29, 0.717) is 30.9 Å². The minimum Gasteiger partial charge on any atom is -0.493 e. The second-order valence-corrected chi connectivity index (χ2v) is 8.54. The Bertz CT molecular complexity index is 578. The van der Waals surface area contributed by atoms with E-state index in [-0.39, 0.29) is 6.61 Å². The van der Waals surface area contributed by atoms with Crippen molar-refractivity contribution in [2.75, 3.05) is 57.9 Å². The Labute approximate surface area is 165 Å². The lowest BCUT2D eigenvalue weighted by atomic mass is 10.1. The van der Waals surface area contributed by atoms with E-state index >= 15 is 0 Å². The van der Waals surface area contributed by atoms with Gasteiger partial charge in [0.15, 0.2) is 11.5 Å². The molecule has 1 N–H and O–H groups in total. The molecule has 1 aromatic carbocycles. The molecule has 7 heteroatoms. The molecule has 2 heterocycles. The number of halogens is 1. The minimum atomic E-state index is -0.651. The van der Waals surface area contributed by atoms with Gasteiger partial charge in [-0.25, -0.2) is 4.39 Å². The third kappa shape index (κ3) is 6.52. The Kier molecular flexibility index (Phi) is 8.06. The number of β-amino-alcohol motifs (C(OH)–C–C–N with tert-alkyl or cyclic N) is 1. The zero-order valence-electron chi connectivity index (χ0n) is 16.1. The van der Waals surface area contributed by atoms with Crippen LogP contribution in [0.5, 0.6) is 11.5 Å². The fraction of sp³-hybridized carbons (Fsp3) is 0.700. The number of rotatable bonds is 8. The molecule has 152 valence electrons. The molecule has 2 aliphatic heterocycles. The van der Waals surface area contributed by atoms with Crippen molar-refractivity contribution in [3.8, 4) is 11.5 Å². The summed E-state index contributed by atoms with van der Waals surface area (Å²) in [4.78, 5) is 4.55. The molecule has 0 aromatic heterocycles. The van der Waals surface area contributed by atoms with E-state index in [9.17, 15) is 9.50 Å². The van der Waals surface area contributed by atoms with Gasteiger partial charge in [-0.15, -0.1) is 0 Å². The molecule has 3 rings (SSSR count). The van der Waals surface area contributed by atoms with Crippen LogP contribution in [0.3, 0.4) is 0 Å². The zero-order valence-corrected chi connectivity index (χ0v) is 16.9. The number of aliphatic hydroxyl groups is 1. The van der Waals surface area contributed by atoms with Crippen LogP contribution in [0.15, 0.2) is 18.2 Å². The number of nitrogens with zero attached hydrogens (tertiary/aromatic N) is 2. The van der Waals surface area contributed by atoms with Crippen LogP contribution in [-0.2, 0) is 6.54 Å². The Morgan fingerprint density at radius 1 is 1.15 bits per heavy atom. The van der Waals surface area contributed by atoms with Crippen molar-refractivity contribution < 1.29 is 19.0 Å². The highest BCUT2D eigenvalue weighted by atomic mass is 32.2. The summed E-state index contributed by atoms with van der Waals surface area (Å²) in [5, 5.41) is 10.3. The quantitative estimate of drug-likeness (QED) is 0.726. The average Bonchev–Trinajstić information content (AvgIpc) is 2.69. The molecule has 0 bridgehead atoms. The van der Waals surface area contributed by atoms with Gasteiger partial charge in [-0.2, -0.15) is 11.8 Å². The number of likely N-dealkylation sites (tertiary alicyclic amines) is 1. The summed E-state index contributed by atoms with van der Waals surface area (Å²) in [6.45, 7) is 5.33. The molecule has 27 heavy (non-hydrogen) atoms. The van der Waals surface area contributed by atoms with Gasteiger partial charge in [0.25, 0.3) is 0 Å². The predicted molar refractivity (Wildman–Crippen MR) is 108 cm³/mol. The predicted octanol–water partition coefficient (Wildman–Crippen LogP) is 2.42. The molecule has 0 unspecified atom stereocenters. The van der Waals surface area contributed by atoms with Crippen LogP contribution in [0.2, 0.25) is 0 Å². The molecule has 2 fully saturated rings. The van der Waals surface area contributed by atoms with E-state index in [4.69, 9.17) is 9.47 Å². The number of thioether (sulfide) groups is 1. The number of piperidine rings is 1. The minimum absolute atomic E-state index is 0.253. The maximum absolute atomic E-state index is 13.3. The molecule has 1 atom stereocenters. The summed E-state index contributed by atoms with van der Waals surface area (Å²) < 4.78 is 24.6. The lowest BCUT2D eigenvalue weighted by molar-refractivity contribution is 0.0704. The summed E-state index contributed by atoms with van der Waals surface area (Å²) >= 11 is 1.96. The highest BCUT2D eigenvalue weighted by molar-refractivity contribution is 7.99. The SMILES string of the molecule is COc1cc(CN2CCC(F)CC2)ccc1OC[C@@H](O)CN1CCSCC1. The van der Waals surface area contributed by atoms with Gasteiger partial charge in [-0.05, 0) is 30.5 Å². The highest BCUT2D eigenvalue weighted by Crippen LogP contribution is 2.29. The fourth-order valence-corrected chi connectivity index (χ4v) is 4.55. The number of alkyl halides is 1. The number of benzene rings is 1. The van der Waals surface area contributed by atoms with Gasteiger partial charge >= 0.3 is 0 Å². The third-order valence-electron chi connectivity index (χ3n) is 5.16. The maximum atomic E-state index is 13.3. The zero-order chi connectivity index (χ0) is 19.1. The smallest absolute Gasteiger partial charge is 0.161 e. The fourth-order valence-electron chi connectivity index (χ4n) is 3.57. The molecule has 1 aromatic rings. The molecule has 2 saturated heterocycles. The molecule has 5 nitrogen and oxygen atoms in total. The van der Waals surface area contributed by atoms with Crippen molar-refractivity contribution in [2.24, 2.45) is 0 Å². The molecule has 2 aliphatic rings. The van der Waals surface area contributed by atoms with E-state index in [2.05, 4.69) is 9.80 Å². The first-order valence-electron chi connectivity index (χ1n) is 9.78. The molecule has 0 aliphatic carbocycles. The molecule has 0 amide bonds. The van der Waals surface area contributed by atoms with Gasteiger partial charge in [0.05, 0.1) is 7.11 Å². The maximum Gasteiger partial charge on any atom is 0.161 e. The van der Waals surface area contributed by atoms with E-state index in [1.807, 2.05) is 30.0 Å². The lowest BCUT2D eigenvalue weighted by Gasteiger charge is -2.29. The Hall–Kier alpha value is -1.02. The van der Waals surface area contributed by atoms with Crippen molar-refractivity contribution in [1.29, 1.82) is 0 Å². The number of ether oxygens (including phenoxy) is 2.